The molecule has 2 heteroatoms. The van der Waals surface area contributed by atoms with Crippen molar-refractivity contribution in [3.05, 3.63) is 152 Å². The van der Waals surface area contributed by atoms with Gasteiger partial charge in [-0.1, -0.05) is 115 Å². The summed E-state index contributed by atoms with van der Waals surface area (Å²) in [7, 11) is 0. The van der Waals surface area contributed by atoms with Gasteiger partial charge in [-0.05, 0) is 74.3 Å². The van der Waals surface area contributed by atoms with E-state index >= 15 is 0 Å². The lowest BCUT2D eigenvalue weighted by Gasteiger charge is -2.12. The summed E-state index contributed by atoms with van der Waals surface area (Å²) in [5.74, 6) is 0. The number of hydrogen-bond acceptors (Lipinski definition) is 1. The first kappa shape index (κ1) is 23.7. The number of nitrogens with zero attached hydrogens (tertiary/aromatic N) is 1. The number of aromatic nitrogens is 1. The summed E-state index contributed by atoms with van der Waals surface area (Å²) in [5.41, 5.74) is 7.63. The van der Waals surface area contributed by atoms with Crippen LogP contribution in [0.25, 0.3) is 92.9 Å². The lowest BCUT2D eigenvalue weighted by atomic mass is 9.92. The zero-order valence-electron chi connectivity index (χ0n) is 23.8. The van der Waals surface area contributed by atoms with E-state index in [2.05, 4.69) is 156 Å². The Balaban J connectivity index is 1.21. The first-order valence-corrected chi connectivity index (χ1v) is 15.1. The van der Waals surface area contributed by atoms with Crippen molar-refractivity contribution in [1.82, 2.24) is 4.57 Å². The number of rotatable bonds is 2. The van der Waals surface area contributed by atoms with Crippen LogP contribution in [0.2, 0.25) is 0 Å². The van der Waals surface area contributed by atoms with Crippen LogP contribution in [0.15, 0.2) is 156 Å². The van der Waals surface area contributed by atoms with Crippen molar-refractivity contribution in [3.8, 4) is 16.8 Å². The van der Waals surface area contributed by atoms with Crippen LogP contribution in [0.1, 0.15) is 0 Å². The largest absolute Gasteiger partial charge is 0.455 e. The second-order valence-corrected chi connectivity index (χ2v) is 11.7. The van der Waals surface area contributed by atoms with Crippen molar-refractivity contribution < 1.29 is 4.42 Å². The minimum absolute atomic E-state index is 0.897. The van der Waals surface area contributed by atoms with Gasteiger partial charge < -0.3 is 8.98 Å². The standard InChI is InChI=1S/C42H25NO/c1-2-12-31-29(10-1)30-11-3-4-13-32(30)37-24-26(20-22-33(31)37)28-16-9-17-36-38-25-27(21-23-41(38)44-42(28)36)43-39-18-7-5-14-34(39)35-15-6-8-19-40(35)43/h1-25H. The Morgan fingerprint density at radius 1 is 0.364 bits per heavy atom. The Bertz CT molecular complexity index is 2690. The van der Waals surface area contributed by atoms with Gasteiger partial charge in [0.25, 0.3) is 0 Å². The molecule has 2 nitrogen and oxygen atoms in total. The van der Waals surface area contributed by atoms with E-state index in [-0.39, 0.29) is 0 Å². The van der Waals surface area contributed by atoms with Gasteiger partial charge in [0.15, 0.2) is 0 Å². The van der Waals surface area contributed by atoms with Gasteiger partial charge in [0.05, 0.1) is 11.0 Å². The maximum absolute atomic E-state index is 6.65. The second kappa shape index (κ2) is 8.82. The summed E-state index contributed by atoms with van der Waals surface area (Å²) in [4.78, 5) is 0. The summed E-state index contributed by atoms with van der Waals surface area (Å²) in [5, 5.41) is 12.5. The molecule has 2 aromatic heterocycles. The normalized spacial score (nSPS) is 12.1. The molecule has 0 amide bonds. The van der Waals surface area contributed by atoms with Gasteiger partial charge in [0, 0.05) is 32.8 Å². The van der Waals surface area contributed by atoms with Crippen LogP contribution in [-0.2, 0) is 0 Å². The third kappa shape index (κ3) is 3.20. The van der Waals surface area contributed by atoms with Crippen LogP contribution in [0, 0.1) is 0 Å². The predicted molar refractivity (Wildman–Crippen MR) is 186 cm³/mol. The highest BCUT2D eigenvalue weighted by Gasteiger charge is 2.17. The molecule has 0 N–H and O–H groups in total. The summed E-state index contributed by atoms with van der Waals surface area (Å²) in [6.07, 6.45) is 0. The van der Waals surface area contributed by atoms with Crippen LogP contribution in [0.5, 0.6) is 0 Å². The molecule has 0 saturated carbocycles. The van der Waals surface area contributed by atoms with Gasteiger partial charge in [-0.15, -0.1) is 0 Å². The van der Waals surface area contributed by atoms with Crippen LogP contribution >= 0.6 is 0 Å². The van der Waals surface area contributed by atoms with E-state index in [1.165, 1.54) is 54.1 Å². The molecule has 0 unspecified atom stereocenters. The highest BCUT2D eigenvalue weighted by Crippen LogP contribution is 2.41. The molecule has 0 bridgehead atoms. The lowest BCUT2D eigenvalue weighted by molar-refractivity contribution is 0.670. The molecule has 2 heterocycles. The Morgan fingerprint density at radius 3 is 1.57 bits per heavy atom. The zero-order valence-corrected chi connectivity index (χ0v) is 23.8. The van der Waals surface area contributed by atoms with E-state index in [1.807, 2.05) is 0 Å². The molecule has 0 fully saturated rings. The average molecular weight is 560 g/mol. The molecule has 10 aromatic rings. The molecule has 44 heavy (non-hydrogen) atoms. The quantitative estimate of drug-likeness (QED) is 0.193. The maximum Gasteiger partial charge on any atom is 0.143 e. The minimum atomic E-state index is 0.897. The summed E-state index contributed by atoms with van der Waals surface area (Å²) < 4.78 is 9.01. The fraction of sp³-hybridized carbons (Fsp3) is 0. The highest BCUT2D eigenvalue weighted by molar-refractivity contribution is 6.26. The topological polar surface area (TPSA) is 18.1 Å². The first-order chi connectivity index (χ1) is 21.8. The van der Waals surface area contributed by atoms with E-state index in [0.717, 1.165) is 38.8 Å². The van der Waals surface area contributed by atoms with Crippen molar-refractivity contribution >= 4 is 76.1 Å². The maximum atomic E-state index is 6.65. The van der Waals surface area contributed by atoms with Gasteiger partial charge in [-0.2, -0.15) is 0 Å². The number of para-hydroxylation sites is 3. The SMILES string of the molecule is c1cc(-c2ccc3c4ccccc4c4ccccc4c3c2)c2oc3ccc(-n4c5ccccc5c5ccccc54)cc3c2c1. The number of fused-ring (bicyclic) bond motifs is 12. The van der Waals surface area contributed by atoms with Gasteiger partial charge in [0.2, 0.25) is 0 Å². The molecule has 0 aliphatic carbocycles. The van der Waals surface area contributed by atoms with Crippen molar-refractivity contribution in [2.24, 2.45) is 0 Å². The first-order valence-electron chi connectivity index (χ1n) is 15.1. The number of benzene rings is 8. The third-order valence-corrected chi connectivity index (χ3v) is 9.37. The van der Waals surface area contributed by atoms with E-state index in [4.69, 9.17) is 4.42 Å². The van der Waals surface area contributed by atoms with Gasteiger partial charge in [0.1, 0.15) is 11.2 Å². The molecule has 0 saturated heterocycles. The molecule has 0 spiro atoms. The Labute approximate surface area is 253 Å². The molecule has 0 aliphatic heterocycles. The summed E-state index contributed by atoms with van der Waals surface area (Å²) >= 11 is 0. The van der Waals surface area contributed by atoms with Gasteiger partial charge in [-0.25, -0.2) is 0 Å². The Morgan fingerprint density at radius 2 is 0.909 bits per heavy atom. The van der Waals surface area contributed by atoms with Gasteiger partial charge >= 0.3 is 0 Å². The Hall–Kier alpha value is -5.86. The predicted octanol–water partition coefficient (Wildman–Crippen LogP) is 11.8. The van der Waals surface area contributed by atoms with Gasteiger partial charge in [-0.3, -0.25) is 0 Å². The summed E-state index contributed by atoms with van der Waals surface area (Å²) in [6, 6.07) is 54.7. The summed E-state index contributed by atoms with van der Waals surface area (Å²) in [6.45, 7) is 0. The van der Waals surface area contributed by atoms with Crippen LogP contribution in [-0.4, -0.2) is 4.57 Å². The fourth-order valence-corrected chi connectivity index (χ4v) is 7.43. The van der Waals surface area contributed by atoms with E-state index in [9.17, 15) is 0 Å². The van der Waals surface area contributed by atoms with E-state index in [0.29, 0.717) is 0 Å². The van der Waals surface area contributed by atoms with Crippen molar-refractivity contribution in [1.29, 1.82) is 0 Å². The minimum Gasteiger partial charge on any atom is -0.455 e. The highest BCUT2D eigenvalue weighted by atomic mass is 16.3. The van der Waals surface area contributed by atoms with Crippen molar-refractivity contribution in [2.75, 3.05) is 0 Å². The van der Waals surface area contributed by atoms with Crippen LogP contribution < -0.4 is 0 Å². The molecular formula is C42H25NO. The van der Waals surface area contributed by atoms with E-state index in [1.54, 1.807) is 0 Å². The Kier molecular flexibility index (Phi) is 4.75. The number of hydrogen-bond donors (Lipinski definition) is 0. The smallest absolute Gasteiger partial charge is 0.143 e. The molecule has 0 atom stereocenters. The molecule has 204 valence electrons. The monoisotopic (exact) mass is 559 g/mol. The van der Waals surface area contributed by atoms with Crippen LogP contribution in [0.4, 0.5) is 0 Å². The van der Waals surface area contributed by atoms with Crippen LogP contribution in [0.3, 0.4) is 0 Å². The second-order valence-electron chi connectivity index (χ2n) is 11.7. The molecule has 10 rings (SSSR count). The zero-order chi connectivity index (χ0) is 28.8. The van der Waals surface area contributed by atoms with Crippen molar-refractivity contribution in [3.63, 3.8) is 0 Å². The van der Waals surface area contributed by atoms with Crippen molar-refractivity contribution in [2.45, 2.75) is 0 Å². The number of furan rings is 1. The average Bonchev–Trinajstić information content (AvgIpc) is 3.64. The molecule has 8 aromatic carbocycles. The lowest BCUT2D eigenvalue weighted by Crippen LogP contribution is -1.93. The van der Waals surface area contributed by atoms with E-state index < -0.39 is 0 Å². The molecular weight excluding hydrogens is 534 g/mol. The molecule has 0 radical (unpaired) electrons. The molecule has 0 aliphatic rings. The fourth-order valence-electron chi connectivity index (χ4n) is 7.43. The third-order valence-electron chi connectivity index (χ3n) is 9.37.